The molecule has 20 heavy (non-hydrogen) atoms. The Morgan fingerprint density at radius 1 is 1.05 bits per heavy atom. The van der Waals surface area contributed by atoms with Gasteiger partial charge in [-0.2, -0.15) is 0 Å². The molecule has 0 atom stereocenters. The normalized spacial score (nSPS) is 20.2. The predicted octanol–water partition coefficient (Wildman–Crippen LogP) is 3.00. The SMILES string of the molecule is CCOc1cc(B2OC(C)(C)C(C)(C)O2)cc(C)c1C. The molecule has 0 N–H and O–H groups in total. The van der Waals surface area contributed by atoms with Gasteiger partial charge < -0.3 is 14.0 Å². The van der Waals surface area contributed by atoms with Crippen LogP contribution < -0.4 is 10.2 Å². The molecule has 1 aromatic rings. The number of rotatable bonds is 3. The minimum absolute atomic E-state index is 0.317. The molecule has 1 saturated heterocycles. The number of hydrogen-bond acceptors (Lipinski definition) is 3. The van der Waals surface area contributed by atoms with Crippen molar-refractivity contribution >= 4 is 12.6 Å². The van der Waals surface area contributed by atoms with E-state index in [9.17, 15) is 0 Å². The van der Waals surface area contributed by atoms with E-state index < -0.39 is 0 Å². The second kappa shape index (κ2) is 5.08. The van der Waals surface area contributed by atoms with Gasteiger partial charge in [-0.25, -0.2) is 0 Å². The van der Waals surface area contributed by atoms with E-state index in [-0.39, 0.29) is 18.3 Å². The van der Waals surface area contributed by atoms with Gasteiger partial charge in [0.1, 0.15) is 5.75 Å². The molecular weight excluding hydrogens is 251 g/mol. The van der Waals surface area contributed by atoms with E-state index >= 15 is 0 Å². The van der Waals surface area contributed by atoms with Crippen LogP contribution in [-0.4, -0.2) is 24.9 Å². The second-order valence-corrected chi connectivity index (χ2v) is 6.48. The third-order valence-corrected chi connectivity index (χ3v) is 4.47. The Labute approximate surface area is 122 Å². The first kappa shape index (κ1) is 15.4. The number of hydrogen-bond donors (Lipinski definition) is 0. The van der Waals surface area contributed by atoms with E-state index in [0.29, 0.717) is 6.61 Å². The van der Waals surface area contributed by atoms with Gasteiger partial charge in [-0.3, -0.25) is 0 Å². The summed E-state index contributed by atoms with van der Waals surface area (Å²) in [7, 11) is -0.335. The Morgan fingerprint density at radius 2 is 1.60 bits per heavy atom. The highest BCUT2D eigenvalue weighted by atomic mass is 16.7. The molecule has 0 saturated carbocycles. The second-order valence-electron chi connectivity index (χ2n) is 6.48. The van der Waals surface area contributed by atoms with Gasteiger partial charge in [-0.15, -0.1) is 0 Å². The predicted molar refractivity (Wildman–Crippen MR) is 82.8 cm³/mol. The van der Waals surface area contributed by atoms with Gasteiger partial charge in [-0.1, -0.05) is 6.07 Å². The van der Waals surface area contributed by atoms with Crippen molar-refractivity contribution in [1.29, 1.82) is 0 Å². The van der Waals surface area contributed by atoms with Gasteiger partial charge in [0, 0.05) is 0 Å². The molecule has 4 heteroatoms. The average Bonchev–Trinajstić information content (AvgIpc) is 2.54. The third-order valence-electron chi connectivity index (χ3n) is 4.47. The molecule has 0 aliphatic carbocycles. The Kier molecular flexibility index (Phi) is 3.91. The Balaban J connectivity index is 2.35. The summed E-state index contributed by atoms with van der Waals surface area (Å²) in [6.45, 7) is 15.1. The van der Waals surface area contributed by atoms with Crippen molar-refractivity contribution in [1.82, 2.24) is 0 Å². The van der Waals surface area contributed by atoms with E-state index in [2.05, 4.69) is 47.6 Å². The zero-order valence-electron chi connectivity index (χ0n) is 13.7. The first-order valence-electron chi connectivity index (χ1n) is 7.27. The molecule has 0 amide bonds. The molecule has 110 valence electrons. The zero-order valence-corrected chi connectivity index (χ0v) is 13.7. The topological polar surface area (TPSA) is 27.7 Å². The van der Waals surface area contributed by atoms with Crippen LogP contribution in [0.3, 0.4) is 0 Å². The third kappa shape index (κ3) is 2.59. The van der Waals surface area contributed by atoms with E-state index in [1.165, 1.54) is 11.1 Å². The summed E-state index contributed by atoms with van der Waals surface area (Å²) in [5.41, 5.74) is 2.76. The van der Waals surface area contributed by atoms with E-state index in [0.717, 1.165) is 11.2 Å². The lowest BCUT2D eigenvalue weighted by atomic mass is 9.77. The lowest BCUT2D eigenvalue weighted by molar-refractivity contribution is 0.00578. The molecule has 0 unspecified atom stereocenters. The summed E-state index contributed by atoms with van der Waals surface area (Å²) in [6.07, 6.45) is 0. The Hall–Kier alpha value is -0.995. The number of benzene rings is 1. The van der Waals surface area contributed by atoms with Crippen molar-refractivity contribution in [2.24, 2.45) is 0 Å². The van der Waals surface area contributed by atoms with Crippen LogP contribution in [0.25, 0.3) is 0 Å². The molecule has 1 aromatic carbocycles. The van der Waals surface area contributed by atoms with Crippen LogP contribution in [0.15, 0.2) is 12.1 Å². The molecule has 1 fully saturated rings. The minimum Gasteiger partial charge on any atom is -0.494 e. The molecule has 1 aliphatic rings. The molecule has 2 rings (SSSR count). The summed E-state index contributed by atoms with van der Waals surface area (Å²) in [6, 6.07) is 4.16. The Bertz CT molecular complexity index is 493. The van der Waals surface area contributed by atoms with Crippen molar-refractivity contribution in [3.8, 4) is 5.75 Å². The van der Waals surface area contributed by atoms with Crippen LogP contribution in [0.5, 0.6) is 5.75 Å². The molecule has 0 bridgehead atoms. The smallest absolute Gasteiger partial charge is 0.494 e. The van der Waals surface area contributed by atoms with Crippen LogP contribution in [0.2, 0.25) is 0 Å². The first-order chi connectivity index (χ1) is 9.18. The molecule has 0 spiro atoms. The van der Waals surface area contributed by atoms with Crippen molar-refractivity contribution in [3.05, 3.63) is 23.3 Å². The summed E-state index contributed by atoms with van der Waals surface area (Å²) in [5, 5.41) is 0. The van der Waals surface area contributed by atoms with E-state index in [4.69, 9.17) is 14.0 Å². The maximum Gasteiger partial charge on any atom is 0.494 e. The summed E-state index contributed by atoms with van der Waals surface area (Å²) < 4.78 is 17.9. The number of ether oxygens (including phenoxy) is 1. The largest absolute Gasteiger partial charge is 0.494 e. The van der Waals surface area contributed by atoms with Crippen LogP contribution >= 0.6 is 0 Å². The lowest BCUT2D eigenvalue weighted by Crippen LogP contribution is -2.41. The van der Waals surface area contributed by atoms with Crippen molar-refractivity contribution in [2.75, 3.05) is 6.61 Å². The fourth-order valence-corrected chi connectivity index (χ4v) is 2.27. The van der Waals surface area contributed by atoms with Gasteiger partial charge in [0.2, 0.25) is 0 Å². The van der Waals surface area contributed by atoms with Crippen molar-refractivity contribution in [2.45, 2.75) is 59.7 Å². The highest BCUT2D eigenvalue weighted by molar-refractivity contribution is 6.62. The summed E-state index contributed by atoms with van der Waals surface area (Å²) in [5.74, 6) is 0.914. The van der Waals surface area contributed by atoms with Gasteiger partial charge in [0.15, 0.2) is 0 Å². The highest BCUT2D eigenvalue weighted by Gasteiger charge is 2.51. The first-order valence-corrected chi connectivity index (χ1v) is 7.27. The average molecular weight is 276 g/mol. The molecule has 0 aromatic heterocycles. The fraction of sp³-hybridized carbons (Fsp3) is 0.625. The van der Waals surface area contributed by atoms with Gasteiger partial charge >= 0.3 is 7.12 Å². The molecule has 1 heterocycles. The number of aryl methyl sites for hydroxylation is 1. The maximum absolute atomic E-state index is 6.10. The van der Waals surface area contributed by atoms with Crippen molar-refractivity contribution in [3.63, 3.8) is 0 Å². The van der Waals surface area contributed by atoms with Crippen LogP contribution in [-0.2, 0) is 9.31 Å². The lowest BCUT2D eigenvalue weighted by Gasteiger charge is -2.32. The maximum atomic E-state index is 6.10. The summed E-state index contributed by atoms with van der Waals surface area (Å²) in [4.78, 5) is 0. The fourth-order valence-electron chi connectivity index (χ4n) is 2.27. The Morgan fingerprint density at radius 3 is 2.10 bits per heavy atom. The van der Waals surface area contributed by atoms with E-state index in [1.54, 1.807) is 0 Å². The van der Waals surface area contributed by atoms with Gasteiger partial charge in [0.25, 0.3) is 0 Å². The zero-order chi connectivity index (χ0) is 15.1. The van der Waals surface area contributed by atoms with E-state index in [1.807, 2.05) is 13.0 Å². The standard InChI is InChI=1S/C16H25BO3/c1-8-18-14-10-13(9-11(2)12(14)3)17-19-15(4,5)16(6,7)20-17/h9-10H,8H2,1-7H3. The molecule has 3 nitrogen and oxygen atoms in total. The van der Waals surface area contributed by atoms with Gasteiger partial charge in [0.05, 0.1) is 17.8 Å². The van der Waals surface area contributed by atoms with Crippen LogP contribution in [0.4, 0.5) is 0 Å². The summed E-state index contributed by atoms with van der Waals surface area (Å²) >= 11 is 0. The minimum atomic E-state index is -0.335. The van der Waals surface area contributed by atoms with Gasteiger partial charge in [-0.05, 0) is 71.1 Å². The molecule has 1 aliphatic heterocycles. The molecular formula is C16H25BO3. The highest BCUT2D eigenvalue weighted by Crippen LogP contribution is 2.37. The van der Waals surface area contributed by atoms with Crippen LogP contribution in [0.1, 0.15) is 45.7 Å². The molecule has 0 radical (unpaired) electrons. The van der Waals surface area contributed by atoms with Crippen LogP contribution in [0, 0.1) is 13.8 Å². The quantitative estimate of drug-likeness (QED) is 0.794. The monoisotopic (exact) mass is 276 g/mol. The van der Waals surface area contributed by atoms with Crippen molar-refractivity contribution < 1.29 is 14.0 Å².